The van der Waals surface area contributed by atoms with Crippen molar-refractivity contribution in [3.05, 3.63) is 92.1 Å². The van der Waals surface area contributed by atoms with E-state index in [1.54, 1.807) is 31.2 Å². The van der Waals surface area contributed by atoms with Gasteiger partial charge in [-0.25, -0.2) is 9.69 Å². The smallest absolute Gasteiger partial charge is 0.341 e. The van der Waals surface area contributed by atoms with E-state index >= 15 is 0 Å². The molecule has 200 valence electrons. The third kappa shape index (κ3) is 5.56. The molecule has 0 aromatic heterocycles. The summed E-state index contributed by atoms with van der Waals surface area (Å²) in [5, 5.41) is 5.81. The second-order valence-electron chi connectivity index (χ2n) is 8.24. The van der Waals surface area contributed by atoms with Crippen molar-refractivity contribution in [3.63, 3.8) is 0 Å². The number of nitrogens with zero attached hydrogens (tertiary/aromatic N) is 1. The minimum Gasteiger partial charge on any atom is -0.496 e. The number of esters is 1. The summed E-state index contributed by atoms with van der Waals surface area (Å²) in [7, 11) is 2.59. The second-order valence-corrected chi connectivity index (χ2v) is 9.47. The van der Waals surface area contributed by atoms with Gasteiger partial charge in [0, 0.05) is 22.3 Å². The third-order valence-corrected chi connectivity index (χ3v) is 6.73. The van der Waals surface area contributed by atoms with Crippen LogP contribution in [0.4, 0.5) is 17.1 Å². The first kappa shape index (κ1) is 28.0. The minimum atomic E-state index is -0.697. The summed E-state index contributed by atoms with van der Waals surface area (Å²) < 4.78 is 9.95. The van der Waals surface area contributed by atoms with Gasteiger partial charge in [-0.1, -0.05) is 40.9 Å². The molecule has 0 fully saturated rings. The first-order valence-electron chi connectivity index (χ1n) is 11.2. The molecule has 3 amide bonds. The molecule has 1 heterocycles. The fraction of sp³-hybridized carbons (Fsp3) is 0.111. The lowest BCUT2D eigenvalue weighted by Gasteiger charge is -2.16. The number of hydrogen-bond donors (Lipinski definition) is 2. The van der Waals surface area contributed by atoms with Crippen LogP contribution in [0.2, 0.25) is 10.0 Å². The number of carbonyl (C=O) groups excluding carboxylic acids is 4. The van der Waals surface area contributed by atoms with Crippen molar-refractivity contribution in [2.75, 3.05) is 29.8 Å². The van der Waals surface area contributed by atoms with Crippen molar-refractivity contribution in [2.45, 2.75) is 6.92 Å². The van der Waals surface area contributed by atoms with Gasteiger partial charge < -0.3 is 20.1 Å². The summed E-state index contributed by atoms with van der Waals surface area (Å²) in [6.45, 7) is 1.75. The summed E-state index contributed by atoms with van der Waals surface area (Å²) in [6.07, 6.45) is 0. The number of carbonyl (C=O) groups is 4. The van der Waals surface area contributed by atoms with Gasteiger partial charge in [0.1, 0.15) is 22.0 Å². The van der Waals surface area contributed by atoms with E-state index in [-0.39, 0.29) is 38.3 Å². The summed E-state index contributed by atoms with van der Waals surface area (Å²) in [5.41, 5.74) is 1.72. The lowest BCUT2D eigenvalue weighted by molar-refractivity contribution is -0.120. The summed E-state index contributed by atoms with van der Waals surface area (Å²) in [4.78, 5) is 51.9. The summed E-state index contributed by atoms with van der Waals surface area (Å²) in [5.74, 6) is -2.39. The molecule has 0 saturated carbocycles. The predicted molar refractivity (Wildman–Crippen MR) is 149 cm³/mol. The number of benzene rings is 3. The van der Waals surface area contributed by atoms with Crippen LogP contribution >= 0.6 is 34.8 Å². The number of anilines is 3. The number of amides is 3. The largest absolute Gasteiger partial charge is 0.496 e. The van der Waals surface area contributed by atoms with Gasteiger partial charge in [0.05, 0.1) is 30.6 Å². The Kier molecular flexibility index (Phi) is 8.15. The molecule has 9 nitrogen and oxygen atoms in total. The Bertz CT molecular complexity index is 1550. The van der Waals surface area contributed by atoms with Crippen LogP contribution in [-0.4, -0.2) is 37.9 Å². The Morgan fingerprint density at radius 3 is 2.21 bits per heavy atom. The Morgan fingerprint density at radius 1 is 0.872 bits per heavy atom. The quantitative estimate of drug-likeness (QED) is 0.265. The fourth-order valence-corrected chi connectivity index (χ4v) is 4.30. The van der Waals surface area contributed by atoms with Crippen molar-refractivity contribution in [2.24, 2.45) is 0 Å². The molecule has 3 aromatic carbocycles. The molecule has 3 aromatic rings. The van der Waals surface area contributed by atoms with E-state index in [0.717, 1.165) is 4.90 Å². The normalized spacial score (nSPS) is 13.0. The fourth-order valence-electron chi connectivity index (χ4n) is 3.75. The van der Waals surface area contributed by atoms with E-state index in [2.05, 4.69) is 10.6 Å². The van der Waals surface area contributed by atoms with E-state index in [1.807, 2.05) is 0 Å². The SMILES string of the molecule is COC(=O)c1cc(Cl)c(NC(=O)c2ccc(C)c(NC3=C(Cl)C(=O)N(c4ccc(Cl)cc4)C3=O)c2)cc1OC. The molecule has 0 saturated heterocycles. The zero-order valence-electron chi connectivity index (χ0n) is 20.7. The molecule has 2 N–H and O–H groups in total. The molecule has 0 spiro atoms. The zero-order valence-corrected chi connectivity index (χ0v) is 23.0. The molecule has 1 aliphatic rings. The topological polar surface area (TPSA) is 114 Å². The molecule has 0 radical (unpaired) electrons. The molecular weight excluding hydrogens is 569 g/mol. The Hall–Kier alpha value is -4.05. The number of methoxy groups -OCH3 is 2. The standard InChI is InChI=1S/C27H20Cl3N3O6/c1-13-4-5-14(24(34)32-20-12-21(38-2)17(11-18(20)29)27(37)39-3)10-19(13)31-23-22(30)25(35)33(26(23)36)16-8-6-15(28)7-9-16/h4-12,31H,1-3H3,(H,32,34). The minimum absolute atomic E-state index is 0.0873. The van der Waals surface area contributed by atoms with Gasteiger partial charge in [-0.3, -0.25) is 14.4 Å². The van der Waals surface area contributed by atoms with E-state index in [1.165, 1.54) is 44.6 Å². The average molecular weight is 589 g/mol. The molecule has 1 aliphatic heterocycles. The highest BCUT2D eigenvalue weighted by Gasteiger charge is 2.39. The van der Waals surface area contributed by atoms with Crippen LogP contribution in [0.5, 0.6) is 5.75 Å². The Balaban J connectivity index is 1.58. The van der Waals surface area contributed by atoms with Gasteiger partial charge in [0.15, 0.2) is 0 Å². The van der Waals surface area contributed by atoms with E-state index < -0.39 is 23.7 Å². The number of nitrogens with one attached hydrogen (secondary N) is 2. The molecular formula is C27H20Cl3N3O6. The van der Waals surface area contributed by atoms with Crippen molar-refractivity contribution in [1.29, 1.82) is 0 Å². The predicted octanol–water partition coefficient (Wildman–Crippen LogP) is 5.79. The van der Waals surface area contributed by atoms with E-state index in [9.17, 15) is 19.2 Å². The molecule has 4 rings (SSSR count). The maximum absolute atomic E-state index is 13.1. The second kappa shape index (κ2) is 11.4. The average Bonchev–Trinajstić information content (AvgIpc) is 3.13. The van der Waals surface area contributed by atoms with Crippen LogP contribution in [0.15, 0.2) is 65.3 Å². The molecule has 0 bridgehead atoms. The molecule has 12 heteroatoms. The first-order chi connectivity index (χ1) is 18.5. The van der Waals surface area contributed by atoms with Crippen LogP contribution in [0.1, 0.15) is 26.3 Å². The van der Waals surface area contributed by atoms with Gasteiger partial charge >= 0.3 is 5.97 Å². The van der Waals surface area contributed by atoms with Crippen LogP contribution < -0.4 is 20.3 Å². The first-order valence-corrected chi connectivity index (χ1v) is 12.4. The summed E-state index contributed by atoms with van der Waals surface area (Å²) >= 11 is 18.4. The lowest BCUT2D eigenvalue weighted by atomic mass is 10.1. The van der Waals surface area contributed by atoms with Crippen LogP contribution in [0.25, 0.3) is 0 Å². The van der Waals surface area contributed by atoms with Crippen molar-refractivity contribution >= 4 is 75.6 Å². The van der Waals surface area contributed by atoms with Gasteiger partial charge in [0.2, 0.25) is 0 Å². The number of ether oxygens (including phenoxy) is 2. The highest BCUT2D eigenvalue weighted by atomic mass is 35.5. The van der Waals surface area contributed by atoms with Gasteiger partial charge in [0.25, 0.3) is 17.7 Å². The number of halogens is 3. The van der Waals surface area contributed by atoms with Crippen LogP contribution in [-0.2, 0) is 14.3 Å². The number of aryl methyl sites for hydroxylation is 1. The van der Waals surface area contributed by atoms with E-state index in [0.29, 0.717) is 22.0 Å². The van der Waals surface area contributed by atoms with Crippen LogP contribution in [0, 0.1) is 6.92 Å². The number of imide groups is 1. The van der Waals surface area contributed by atoms with E-state index in [4.69, 9.17) is 44.3 Å². The van der Waals surface area contributed by atoms with Crippen molar-refractivity contribution < 1.29 is 28.7 Å². The summed E-state index contributed by atoms with van der Waals surface area (Å²) in [6, 6.07) is 13.6. The van der Waals surface area contributed by atoms with Crippen LogP contribution in [0.3, 0.4) is 0 Å². The van der Waals surface area contributed by atoms with Crippen molar-refractivity contribution in [1.82, 2.24) is 0 Å². The molecule has 0 atom stereocenters. The van der Waals surface area contributed by atoms with Gasteiger partial charge in [-0.2, -0.15) is 0 Å². The molecule has 39 heavy (non-hydrogen) atoms. The maximum atomic E-state index is 13.1. The van der Waals surface area contributed by atoms with Gasteiger partial charge in [-0.05, 0) is 55.0 Å². The highest BCUT2D eigenvalue weighted by molar-refractivity contribution is 6.53. The lowest BCUT2D eigenvalue weighted by Crippen LogP contribution is -2.32. The molecule has 0 unspecified atom stereocenters. The zero-order chi connectivity index (χ0) is 28.4. The Labute approximate surface area is 238 Å². The third-order valence-electron chi connectivity index (χ3n) is 5.81. The highest BCUT2D eigenvalue weighted by Crippen LogP contribution is 2.33. The Morgan fingerprint density at radius 2 is 1.56 bits per heavy atom. The molecule has 0 aliphatic carbocycles. The number of rotatable bonds is 7. The van der Waals surface area contributed by atoms with Gasteiger partial charge in [-0.15, -0.1) is 0 Å². The maximum Gasteiger partial charge on any atom is 0.341 e. The monoisotopic (exact) mass is 587 g/mol. The van der Waals surface area contributed by atoms with Crippen molar-refractivity contribution in [3.8, 4) is 5.75 Å². The number of hydrogen-bond acceptors (Lipinski definition) is 7.